The summed E-state index contributed by atoms with van der Waals surface area (Å²) in [4.78, 5) is 19.1. The number of carbonyl (C=O) groups is 1. The highest BCUT2D eigenvalue weighted by atomic mass is 32.2. The first-order valence-electron chi connectivity index (χ1n) is 10.4. The van der Waals surface area contributed by atoms with Crippen molar-refractivity contribution >= 4 is 31.8 Å². The van der Waals surface area contributed by atoms with E-state index in [-0.39, 0.29) is 46.9 Å². The van der Waals surface area contributed by atoms with Gasteiger partial charge in [0.15, 0.2) is 5.76 Å². The molecule has 1 atom stereocenters. The zero-order valence-electron chi connectivity index (χ0n) is 18.5. The van der Waals surface area contributed by atoms with Crippen molar-refractivity contribution in [2.45, 2.75) is 43.0 Å². The van der Waals surface area contributed by atoms with Crippen LogP contribution in [-0.2, 0) is 24.8 Å². The second-order valence-corrected chi connectivity index (χ2v) is 11.5. The molecule has 2 aliphatic heterocycles. The number of aromatic nitrogens is 1. The van der Waals surface area contributed by atoms with Gasteiger partial charge >= 0.3 is 0 Å². The normalized spacial score (nSPS) is 20.8. The van der Waals surface area contributed by atoms with E-state index in [0.717, 1.165) is 0 Å². The van der Waals surface area contributed by atoms with Crippen LogP contribution in [0, 0.1) is 13.8 Å². The van der Waals surface area contributed by atoms with Gasteiger partial charge in [-0.05, 0) is 39.3 Å². The zero-order valence-corrected chi connectivity index (χ0v) is 20.1. The molecule has 1 amide bonds. The first kappa shape index (κ1) is 23.4. The van der Waals surface area contributed by atoms with Gasteiger partial charge in [-0.3, -0.25) is 14.5 Å². The monoisotopic (exact) mass is 495 g/mol. The summed E-state index contributed by atoms with van der Waals surface area (Å²) in [5, 5.41) is 3.73. The molecule has 0 spiro atoms. The molecule has 1 aromatic heterocycles. The van der Waals surface area contributed by atoms with Crippen LogP contribution in [0.25, 0.3) is 0 Å². The predicted octanol–water partition coefficient (Wildman–Crippen LogP) is 0.642. The van der Waals surface area contributed by atoms with Crippen LogP contribution in [0.3, 0.4) is 0 Å². The molecule has 0 aliphatic carbocycles. The average Bonchev–Trinajstić information content (AvgIpc) is 3.10. The van der Waals surface area contributed by atoms with Crippen LogP contribution in [0.5, 0.6) is 0 Å². The van der Waals surface area contributed by atoms with Gasteiger partial charge in [-0.2, -0.15) is 4.31 Å². The van der Waals surface area contributed by atoms with E-state index in [2.05, 4.69) is 14.9 Å². The Morgan fingerprint density at radius 2 is 1.91 bits per heavy atom. The highest BCUT2D eigenvalue weighted by Gasteiger charge is 2.35. The third kappa shape index (κ3) is 4.27. The summed E-state index contributed by atoms with van der Waals surface area (Å²) in [6.45, 7) is 5.66. The minimum atomic E-state index is -3.80. The van der Waals surface area contributed by atoms with Gasteiger partial charge in [-0.1, -0.05) is 17.3 Å². The number of rotatable bonds is 4. The molecule has 1 saturated heterocycles. The van der Waals surface area contributed by atoms with Gasteiger partial charge in [-0.25, -0.2) is 16.8 Å². The summed E-state index contributed by atoms with van der Waals surface area (Å²) in [5.74, 6) is 0.0555. The lowest BCUT2D eigenvalue weighted by Crippen LogP contribution is -2.41. The average molecular weight is 496 g/mol. The number of fused-ring (bicyclic) bond motifs is 1. The van der Waals surface area contributed by atoms with E-state index >= 15 is 0 Å². The molecule has 13 heteroatoms. The van der Waals surface area contributed by atoms with Gasteiger partial charge in [0.1, 0.15) is 22.5 Å². The molecule has 1 aromatic carbocycles. The molecule has 0 bridgehead atoms. The van der Waals surface area contributed by atoms with Crippen LogP contribution in [0.4, 0.5) is 0 Å². The van der Waals surface area contributed by atoms with Gasteiger partial charge in [0.2, 0.25) is 15.9 Å². The summed E-state index contributed by atoms with van der Waals surface area (Å²) in [6, 6.07) is 5.59. The standard InChI is InChI=1S/C20H25N5O6S2/c1-13-18(15(3)31-22-13)33(29,30)25-10-6-9-24(11-12-25)20(26)14(2)21-19-16-7-4-5-8-17(16)32(27,28)23-19/h4-5,7-8,14H,6,9-12H2,1-3H3,(H,21,23)/t14-/m0/s1. The summed E-state index contributed by atoms with van der Waals surface area (Å²) in [5.41, 5.74) is 0.721. The molecule has 1 N–H and O–H groups in total. The Morgan fingerprint density at radius 3 is 2.61 bits per heavy atom. The van der Waals surface area contributed by atoms with Crippen LogP contribution in [-0.4, -0.2) is 75.2 Å². The molecule has 178 valence electrons. The fourth-order valence-electron chi connectivity index (χ4n) is 4.07. The Kier molecular flexibility index (Phi) is 6.05. The van der Waals surface area contributed by atoms with Crippen molar-refractivity contribution in [1.29, 1.82) is 0 Å². The Labute approximate surface area is 192 Å². The van der Waals surface area contributed by atoms with Crippen molar-refractivity contribution in [3.63, 3.8) is 0 Å². The number of aliphatic imine (C=N–C) groups is 1. The maximum absolute atomic E-state index is 13.1. The minimum Gasteiger partial charge on any atom is -0.360 e. The smallest absolute Gasteiger partial charge is 0.263 e. The molecule has 1 fully saturated rings. The number of amidine groups is 1. The molecule has 0 radical (unpaired) electrons. The summed E-state index contributed by atoms with van der Waals surface area (Å²) >= 11 is 0. The van der Waals surface area contributed by atoms with Crippen molar-refractivity contribution in [3.8, 4) is 0 Å². The number of hydrogen-bond acceptors (Lipinski definition) is 8. The molecule has 3 heterocycles. The first-order valence-corrected chi connectivity index (χ1v) is 13.4. The zero-order chi connectivity index (χ0) is 24.0. The molecular formula is C20H25N5O6S2. The molecule has 33 heavy (non-hydrogen) atoms. The minimum absolute atomic E-state index is 0.0641. The number of amides is 1. The van der Waals surface area contributed by atoms with Crippen LogP contribution in [0.2, 0.25) is 0 Å². The fraction of sp³-hybridized carbons (Fsp3) is 0.450. The highest BCUT2D eigenvalue weighted by molar-refractivity contribution is 7.90. The number of benzene rings is 1. The SMILES string of the molecule is Cc1noc(C)c1S(=O)(=O)N1CCCN(C(=O)[C@H](C)N=C2NS(=O)(=O)c3ccccc32)CC1. The quantitative estimate of drug-likeness (QED) is 0.656. The van der Waals surface area contributed by atoms with E-state index in [1.807, 2.05) is 0 Å². The van der Waals surface area contributed by atoms with Gasteiger partial charge < -0.3 is 9.42 Å². The molecule has 0 unspecified atom stereocenters. The Hall–Kier alpha value is -2.77. The van der Waals surface area contributed by atoms with Crippen LogP contribution in [0.1, 0.15) is 30.4 Å². The maximum Gasteiger partial charge on any atom is 0.263 e. The Bertz CT molecular complexity index is 1310. The fourth-order valence-corrected chi connectivity index (χ4v) is 7.07. The van der Waals surface area contributed by atoms with Crippen molar-refractivity contribution < 1.29 is 26.2 Å². The molecule has 4 rings (SSSR count). The van der Waals surface area contributed by atoms with Crippen molar-refractivity contribution in [2.24, 2.45) is 4.99 Å². The van der Waals surface area contributed by atoms with Gasteiger partial charge in [0, 0.05) is 31.7 Å². The highest BCUT2D eigenvalue weighted by Crippen LogP contribution is 2.25. The third-order valence-corrected chi connectivity index (χ3v) is 9.22. The molecule has 0 saturated carbocycles. The Balaban J connectivity index is 1.49. The van der Waals surface area contributed by atoms with E-state index in [1.165, 1.54) is 10.4 Å². The lowest BCUT2D eigenvalue weighted by molar-refractivity contribution is -0.131. The van der Waals surface area contributed by atoms with Crippen molar-refractivity contribution in [2.75, 3.05) is 26.2 Å². The second-order valence-electron chi connectivity index (χ2n) is 7.99. The number of hydrogen-bond donors (Lipinski definition) is 1. The lowest BCUT2D eigenvalue weighted by atomic mass is 10.2. The molecule has 2 aromatic rings. The number of aryl methyl sites for hydroxylation is 2. The van der Waals surface area contributed by atoms with Crippen molar-refractivity contribution in [3.05, 3.63) is 41.3 Å². The molecule has 2 aliphatic rings. The van der Waals surface area contributed by atoms with Gasteiger partial charge in [0.05, 0.1) is 4.90 Å². The van der Waals surface area contributed by atoms with E-state index in [4.69, 9.17) is 4.52 Å². The summed E-state index contributed by atoms with van der Waals surface area (Å²) < 4.78 is 59.5. The number of nitrogens with one attached hydrogen (secondary N) is 1. The van der Waals surface area contributed by atoms with Crippen molar-refractivity contribution in [1.82, 2.24) is 19.1 Å². The lowest BCUT2D eigenvalue weighted by Gasteiger charge is -2.23. The number of sulfonamides is 2. The van der Waals surface area contributed by atoms with E-state index < -0.39 is 26.1 Å². The van der Waals surface area contributed by atoms with E-state index in [9.17, 15) is 21.6 Å². The van der Waals surface area contributed by atoms with E-state index in [0.29, 0.717) is 24.2 Å². The Morgan fingerprint density at radius 1 is 1.18 bits per heavy atom. The largest absolute Gasteiger partial charge is 0.360 e. The first-order chi connectivity index (χ1) is 15.5. The molecular weight excluding hydrogens is 470 g/mol. The van der Waals surface area contributed by atoms with Crippen LogP contribution in [0.15, 0.2) is 43.6 Å². The van der Waals surface area contributed by atoms with E-state index in [1.54, 1.807) is 43.9 Å². The van der Waals surface area contributed by atoms with Crippen LogP contribution >= 0.6 is 0 Å². The second kappa shape index (κ2) is 8.54. The number of nitrogens with zero attached hydrogens (tertiary/aromatic N) is 4. The van der Waals surface area contributed by atoms with Gasteiger partial charge in [-0.15, -0.1) is 0 Å². The third-order valence-electron chi connectivity index (χ3n) is 5.68. The number of carbonyl (C=O) groups excluding carboxylic acids is 1. The van der Waals surface area contributed by atoms with Gasteiger partial charge in [0.25, 0.3) is 10.0 Å². The summed E-state index contributed by atoms with van der Waals surface area (Å²) in [6.07, 6.45) is 0.451. The predicted molar refractivity (Wildman–Crippen MR) is 119 cm³/mol. The van der Waals surface area contributed by atoms with Crippen LogP contribution < -0.4 is 4.72 Å². The summed E-state index contributed by atoms with van der Waals surface area (Å²) in [7, 11) is -7.50. The topological polar surface area (TPSA) is 142 Å². The molecule has 11 nitrogen and oxygen atoms in total. The maximum atomic E-state index is 13.1.